The Hall–Kier alpha value is -3.54. The Morgan fingerprint density at radius 3 is 2.42 bits per heavy atom. The second-order valence-corrected chi connectivity index (χ2v) is 5.69. The third-order valence-electron chi connectivity index (χ3n) is 3.74. The highest BCUT2D eigenvalue weighted by molar-refractivity contribution is 6.07. The molecule has 3 aromatic rings. The molecule has 0 unspecified atom stereocenters. The molecule has 0 saturated carbocycles. The van der Waals surface area contributed by atoms with E-state index in [1.165, 1.54) is 24.4 Å². The summed E-state index contributed by atoms with van der Waals surface area (Å²) >= 11 is 0. The van der Waals surface area contributed by atoms with Crippen LogP contribution in [0.15, 0.2) is 67.0 Å². The second-order valence-electron chi connectivity index (χ2n) is 5.69. The smallest absolute Gasteiger partial charge is 0.257 e. The van der Waals surface area contributed by atoms with Gasteiger partial charge in [0.2, 0.25) is 0 Å². The Bertz CT molecular complexity index is 958. The Morgan fingerprint density at radius 2 is 1.69 bits per heavy atom. The number of benzene rings is 2. The van der Waals surface area contributed by atoms with Gasteiger partial charge in [0.1, 0.15) is 5.82 Å². The Balaban J connectivity index is 1.74. The number of pyridine rings is 1. The van der Waals surface area contributed by atoms with E-state index in [4.69, 9.17) is 0 Å². The number of aryl methyl sites for hydroxylation is 1. The van der Waals surface area contributed by atoms with Crippen molar-refractivity contribution in [2.75, 3.05) is 10.6 Å². The van der Waals surface area contributed by atoms with E-state index in [1.807, 2.05) is 0 Å². The average molecular weight is 349 g/mol. The maximum atomic E-state index is 13.2. The van der Waals surface area contributed by atoms with Crippen LogP contribution in [0.1, 0.15) is 26.3 Å². The van der Waals surface area contributed by atoms with E-state index < -0.39 is 0 Å². The van der Waals surface area contributed by atoms with Crippen molar-refractivity contribution in [2.24, 2.45) is 0 Å². The number of carbonyl (C=O) groups excluding carboxylic acids is 2. The Kier molecular flexibility index (Phi) is 5.03. The summed E-state index contributed by atoms with van der Waals surface area (Å²) in [6, 6.07) is 14.0. The summed E-state index contributed by atoms with van der Waals surface area (Å²) < 4.78 is 13.2. The molecule has 5 nitrogen and oxygen atoms in total. The molecule has 0 aliphatic carbocycles. The fourth-order valence-electron chi connectivity index (χ4n) is 2.40. The van der Waals surface area contributed by atoms with E-state index in [2.05, 4.69) is 15.6 Å². The molecule has 1 heterocycles. The predicted octanol–water partition coefficient (Wildman–Crippen LogP) is 4.03. The maximum absolute atomic E-state index is 13.2. The van der Waals surface area contributed by atoms with Gasteiger partial charge in [-0.3, -0.25) is 14.6 Å². The molecular weight excluding hydrogens is 333 g/mol. The summed E-state index contributed by atoms with van der Waals surface area (Å²) in [5.74, 6) is -1.03. The zero-order valence-corrected chi connectivity index (χ0v) is 14.0. The first-order valence-electron chi connectivity index (χ1n) is 7.92. The monoisotopic (exact) mass is 349 g/mol. The van der Waals surface area contributed by atoms with Crippen LogP contribution < -0.4 is 10.6 Å². The van der Waals surface area contributed by atoms with Crippen LogP contribution in [0.5, 0.6) is 0 Å². The minimum absolute atomic E-state index is 0.315. The van der Waals surface area contributed by atoms with Crippen LogP contribution in [-0.2, 0) is 0 Å². The molecule has 130 valence electrons. The fraction of sp³-hybridized carbons (Fsp3) is 0.0500. The predicted molar refractivity (Wildman–Crippen MR) is 97.7 cm³/mol. The fourth-order valence-corrected chi connectivity index (χ4v) is 2.40. The SMILES string of the molecule is Cc1cc(F)ccc1NC(=O)c1cccc(NC(=O)c2cccnc2)c1. The molecule has 0 radical (unpaired) electrons. The molecule has 0 aliphatic heterocycles. The normalized spacial score (nSPS) is 10.2. The van der Waals surface area contributed by atoms with Crippen molar-refractivity contribution in [3.8, 4) is 0 Å². The average Bonchev–Trinajstić information content (AvgIpc) is 2.65. The molecule has 0 spiro atoms. The first kappa shape index (κ1) is 17.3. The summed E-state index contributed by atoms with van der Waals surface area (Å²) in [7, 11) is 0. The summed E-state index contributed by atoms with van der Waals surface area (Å²) in [5.41, 5.74) is 2.44. The lowest BCUT2D eigenvalue weighted by molar-refractivity contribution is 0.101. The number of hydrogen-bond donors (Lipinski definition) is 2. The molecule has 0 bridgehead atoms. The van der Waals surface area contributed by atoms with Gasteiger partial charge in [-0.25, -0.2) is 4.39 Å². The highest BCUT2D eigenvalue weighted by Gasteiger charge is 2.11. The standard InChI is InChI=1S/C20H16FN3O2/c1-13-10-16(21)7-8-18(13)24-19(25)14-4-2-6-17(11-14)23-20(26)15-5-3-9-22-12-15/h2-12H,1H3,(H,23,26)(H,24,25). The summed E-state index contributed by atoms with van der Waals surface area (Å²) in [6.07, 6.45) is 3.04. The Labute approximate surface area is 149 Å². The number of nitrogens with one attached hydrogen (secondary N) is 2. The molecule has 2 amide bonds. The summed E-state index contributed by atoms with van der Waals surface area (Å²) in [6.45, 7) is 1.71. The zero-order chi connectivity index (χ0) is 18.5. The van der Waals surface area contributed by atoms with Crippen molar-refractivity contribution in [3.05, 3.63) is 89.5 Å². The lowest BCUT2D eigenvalue weighted by Crippen LogP contribution is -2.15. The topological polar surface area (TPSA) is 71.1 Å². The molecule has 0 fully saturated rings. The van der Waals surface area contributed by atoms with Crippen LogP contribution in [-0.4, -0.2) is 16.8 Å². The molecule has 1 aromatic heterocycles. The highest BCUT2D eigenvalue weighted by Crippen LogP contribution is 2.18. The van der Waals surface area contributed by atoms with Crippen molar-refractivity contribution in [1.82, 2.24) is 4.98 Å². The quantitative estimate of drug-likeness (QED) is 0.747. The molecular formula is C20H16FN3O2. The molecule has 0 aliphatic rings. The van der Waals surface area contributed by atoms with Gasteiger partial charge in [-0.1, -0.05) is 6.07 Å². The third kappa shape index (κ3) is 4.10. The minimum Gasteiger partial charge on any atom is -0.322 e. The van der Waals surface area contributed by atoms with Crippen LogP contribution in [0.4, 0.5) is 15.8 Å². The minimum atomic E-state index is -0.361. The highest BCUT2D eigenvalue weighted by atomic mass is 19.1. The van der Waals surface area contributed by atoms with E-state index >= 15 is 0 Å². The number of hydrogen-bond acceptors (Lipinski definition) is 3. The van der Waals surface area contributed by atoms with E-state index in [1.54, 1.807) is 49.5 Å². The summed E-state index contributed by atoms with van der Waals surface area (Å²) in [4.78, 5) is 28.5. The van der Waals surface area contributed by atoms with E-state index in [9.17, 15) is 14.0 Å². The van der Waals surface area contributed by atoms with E-state index in [-0.39, 0.29) is 17.6 Å². The number of rotatable bonds is 4. The van der Waals surface area contributed by atoms with Crippen LogP contribution >= 0.6 is 0 Å². The number of amides is 2. The Morgan fingerprint density at radius 1 is 0.923 bits per heavy atom. The molecule has 2 aromatic carbocycles. The van der Waals surface area contributed by atoms with Gasteiger partial charge in [0.15, 0.2) is 0 Å². The number of carbonyl (C=O) groups is 2. The van der Waals surface area contributed by atoms with Gasteiger partial charge in [-0.15, -0.1) is 0 Å². The molecule has 6 heteroatoms. The third-order valence-corrected chi connectivity index (χ3v) is 3.74. The number of nitrogens with zero attached hydrogens (tertiary/aromatic N) is 1. The van der Waals surface area contributed by atoms with Crippen molar-refractivity contribution in [1.29, 1.82) is 0 Å². The van der Waals surface area contributed by atoms with Gasteiger partial charge in [0.05, 0.1) is 5.56 Å². The van der Waals surface area contributed by atoms with Crippen LogP contribution in [0.25, 0.3) is 0 Å². The first-order valence-corrected chi connectivity index (χ1v) is 7.92. The van der Waals surface area contributed by atoms with Crippen molar-refractivity contribution in [3.63, 3.8) is 0 Å². The molecule has 3 rings (SSSR count). The molecule has 26 heavy (non-hydrogen) atoms. The lowest BCUT2D eigenvalue weighted by atomic mass is 10.1. The van der Waals surface area contributed by atoms with Crippen LogP contribution in [0.3, 0.4) is 0 Å². The van der Waals surface area contributed by atoms with Crippen LogP contribution in [0.2, 0.25) is 0 Å². The van der Waals surface area contributed by atoms with Gasteiger partial charge in [0, 0.05) is 29.3 Å². The largest absolute Gasteiger partial charge is 0.322 e. The summed E-state index contributed by atoms with van der Waals surface area (Å²) in [5, 5.41) is 5.47. The lowest BCUT2D eigenvalue weighted by Gasteiger charge is -2.10. The van der Waals surface area contributed by atoms with Gasteiger partial charge in [-0.05, 0) is 61.0 Å². The van der Waals surface area contributed by atoms with E-state index in [0.717, 1.165) is 0 Å². The second kappa shape index (κ2) is 7.57. The number of halogens is 1. The first-order chi connectivity index (χ1) is 12.5. The van der Waals surface area contributed by atoms with Gasteiger partial charge in [0.25, 0.3) is 11.8 Å². The van der Waals surface area contributed by atoms with Crippen LogP contribution in [0, 0.1) is 12.7 Å². The van der Waals surface area contributed by atoms with Gasteiger partial charge >= 0.3 is 0 Å². The number of aromatic nitrogens is 1. The zero-order valence-electron chi connectivity index (χ0n) is 14.0. The number of anilines is 2. The van der Waals surface area contributed by atoms with Crippen molar-refractivity contribution >= 4 is 23.2 Å². The van der Waals surface area contributed by atoms with Gasteiger partial charge in [-0.2, -0.15) is 0 Å². The van der Waals surface area contributed by atoms with Crippen molar-refractivity contribution in [2.45, 2.75) is 6.92 Å². The van der Waals surface area contributed by atoms with E-state index in [0.29, 0.717) is 28.1 Å². The molecule has 0 atom stereocenters. The van der Waals surface area contributed by atoms with Gasteiger partial charge < -0.3 is 10.6 Å². The molecule has 2 N–H and O–H groups in total. The van der Waals surface area contributed by atoms with Crippen molar-refractivity contribution < 1.29 is 14.0 Å². The maximum Gasteiger partial charge on any atom is 0.257 e. The molecule has 0 saturated heterocycles.